The number of hydrogen-bond donors (Lipinski definition) is 1. The van der Waals surface area contributed by atoms with Gasteiger partial charge in [0.05, 0.1) is 0 Å². The molecule has 4 rings (SSSR count). The molecular formula is C24H21NO2. The Kier molecular flexibility index (Phi) is 4.51. The summed E-state index contributed by atoms with van der Waals surface area (Å²) in [6.45, 7) is 0. The van der Waals surface area contributed by atoms with Crippen molar-refractivity contribution in [1.29, 1.82) is 0 Å². The third-order valence-electron chi connectivity index (χ3n) is 5.16. The van der Waals surface area contributed by atoms with E-state index in [0.717, 1.165) is 17.5 Å². The first-order chi connectivity index (χ1) is 13.2. The van der Waals surface area contributed by atoms with Crippen molar-refractivity contribution < 1.29 is 9.53 Å². The minimum Gasteiger partial charge on any atom is -0.410 e. The highest BCUT2D eigenvalue weighted by Crippen LogP contribution is 2.43. The molecule has 1 aliphatic rings. The molecule has 0 unspecified atom stereocenters. The second kappa shape index (κ2) is 7.12. The highest BCUT2D eigenvalue weighted by molar-refractivity contribution is 5.73. The van der Waals surface area contributed by atoms with E-state index in [2.05, 4.69) is 72.1 Å². The molecule has 0 bridgehead atoms. The maximum absolute atomic E-state index is 11.8. The molecule has 3 aromatic carbocycles. The minimum absolute atomic E-state index is 0.308. The van der Waals surface area contributed by atoms with Crippen LogP contribution in [-0.2, 0) is 11.8 Å². The van der Waals surface area contributed by atoms with Gasteiger partial charge < -0.3 is 10.1 Å². The predicted octanol–water partition coefficient (Wildman–Crippen LogP) is 4.96. The number of carbonyl (C=O) groups is 1. The fourth-order valence-electron chi connectivity index (χ4n) is 3.78. The van der Waals surface area contributed by atoms with Crippen molar-refractivity contribution in [3.05, 3.63) is 107 Å². The molecule has 0 radical (unpaired) electrons. The lowest BCUT2D eigenvalue weighted by molar-refractivity contribution is 0.202. The van der Waals surface area contributed by atoms with E-state index in [1.165, 1.54) is 11.1 Å². The number of ether oxygens (including phenoxy) is 1. The minimum atomic E-state index is -0.456. The summed E-state index contributed by atoms with van der Waals surface area (Å²) in [7, 11) is 1.57. The molecule has 3 heteroatoms. The monoisotopic (exact) mass is 355 g/mol. The van der Waals surface area contributed by atoms with Crippen molar-refractivity contribution >= 4 is 12.2 Å². The number of nitrogens with one attached hydrogen (secondary N) is 1. The van der Waals surface area contributed by atoms with Gasteiger partial charge in [-0.1, -0.05) is 84.9 Å². The molecule has 0 heterocycles. The zero-order chi connectivity index (χ0) is 18.7. The van der Waals surface area contributed by atoms with Crippen LogP contribution in [0.25, 0.3) is 6.08 Å². The Balaban J connectivity index is 1.87. The lowest BCUT2D eigenvalue weighted by Gasteiger charge is -2.36. The summed E-state index contributed by atoms with van der Waals surface area (Å²) in [6, 6.07) is 26.8. The summed E-state index contributed by atoms with van der Waals surface area (Å²) < 4.78 is 5.54. The Hall–Kier alpha value is -3.33. The predicted molar refractivity (Wildman–Crippen MR) is 108 cm³/mol. The normalized spacial score (nSPS) is 14.3. The third-order valence-corrected chi connectivity index (χ3v) is 5.16. The van der Waals surface area contributed by atoms with Crippen LogP contribution in [-0.4, -0.2) is 13.1 Å². The van der Waals surface area contributed by atoms with Gasteiger partial charge in [0.1, 0.15) is 5.75 Å². The average molecular weight is 355 g/mol. The Morgan fingerprint density at radius 1 is 0.889 bits per heavy atom. The van der Waals surface area contributed by atoms with Crippen molar-refractivity contribution in [3.8, 4) is 5.75 Å². The van der Waals surface area contributed by atoms with Crippen molar-refractivity contribution in [3.63, 3.8) is 0 Å². The molecule has 1 N–H and O–H groups in total. The second-order valence-corrected chi connectivity index (χ2v) is 6.68. The van der Waals surface area contributed by atoms with E-state index in [4.69, 9.17) is 4.74 Å². The fraction of sp³-hybridized carbons (Fsp3) is 0.125. The summed E-state index contributed by atoms with van der Waals surface area (Å²) in [5.41, 5.74) is 4.24. The highest BCUT2D eigenvalue weighted by Gasteiger charge is 2.36. The van der Waals surface area contributed by atoms with Gasteiger partial charge in [0, 0.05) is 18.0 Å². The van der Waals surface area contributed by atoms with Gasteiger partial charge in [-0.15, -0.1) is 0 Å². The summed E-state index contributed by atoms with van der Waals surface area (Å²) in [4.78, 5) is 11.8. The average Bonchev–Trinajstić information content (AvgIpc) is 2.75. The van der Waals surface area contributed by atoms with Crippen LogP contribution < -0.4 is 10.1 Å². The van der Waals surface area contributed by atoms with Gasteiger partial charge in [-0.25, -0.2) is 4.79 Å². The number of amides is 1. The van der Waals surface area contributed by atoms with Crippen molar-refractivity contribution in [2.75, 3.05) is 7.05 Å². The van der Waals surface area contributed by atoms with E-state index in [1.54, 1.807) is 7.05 Å². The van der Waals surface area contributed by atoms with Crippen molar-refractivity contribution in [2.45, 2.75) is 11.8 Å². The Morgan fingerprint density at radius 3 is 2.11 bits per heavy atom. The van der Waals surface area contributed by atoms with Crippen molar-refractivity contribution in [2.24, 2.45) is 0 Å². The van der Waals surface area contributed by atoms with Crippen LogP contribution >= 0.6 is 0 Å². The standard InChI is InChI=1S/C24H21NO2/c1-25-23(26)27-22-14-8-9-18-15-16-24(17-21(18)22,19-10-4-2-5-11-19)20-12-6-3-7-13-20/h2-16H,17H2,1H3,(H,25,26). The molecule has 134 valence electrons. The number of rotatable bonds is 3. The lowest BCUT2D eigenvalue weighted by Crippen LogP contribution is -2.31. The zero-order valence-electron chi connectivity index (χ0n) is 15.2. The largest absolute Gasteiger partial charge is 0.412 e. The van der Waals surface area contributed by atoms with E-state index in [9.17, 15) is 4.79 Å². The number of benzene rings is 3. The van der Waals surface area contributed by atoms with Gasteiger partial charge in [-0.2, -0.15) is 0 Å². The molecule has 0 aliphatic heterocycles. The lowest BCUT2D eigenvalue weighted by atomic mass is 9.67. The summed E-state index contributed by atoms with van der Waals surface area (Å²) >= 11 is 0. The molecule has 0 spiro atoms. The fourth-order valence-corrected chi connectivity index (χ4v) is 3.78. The van der Waals surface area contributed by atoms with E-state index >= 15 is 0 Å². The SMILES string of the molecule is CNC(=O)Oc1cccc2c1CC(c1ccccc1)(c1ccccc1)C=C2. The molecule has 0 saturated heterocycles. The first kappa shape index (κ1) is 17.1. The molecule has 0 atom stereocenters. The molecular weight excluding hydrogens is 334 g/mol. The smallest absolute Gasteiger partial charge is 0.410 e. The highest BCUT2D eigenvalue weighted by atomic mass is 16.6. The van der Waals surface area contributed by atoms with Gasteiger partial charge >= 0.3 is 6.09 Å². The number of hydrogen-bond acceptors (Lipinski definition) is 2. The van der Waals surface area contributed by atoms with Crippen LogP contribution in [0.2, 0.25) is 0 Å². The molecule has 1 aliphatic carbocycles. The van der Waals surface area contributed by atoms with Gasteiger partial charge in [0.25, 0.3) is 0 Å². The number of fused-ring (bicyclic) bond motifs is 1. The van der Waals surface area contributed by atoms with E-state index in [-0.39, 0.29) is 5.41 Å². The second-order valence-electron chi connectivity index (χ2n) is 6.68. The molecule has 0 aromatic heterocycles. The topological polar surface area (TPSA) is 38.3 Å². The third kappa shape index (κ3) is 3.13. The van der Waals surface area contributed by atoms with Crippen LogP contribution in [0.3, 0.4) is 0 Å². The van der Waals surface area contributed by atoms with Crippen LogP contribution in [0, 0.1) is 0 Å². The Labute approximate surface area is 159 Å². The van der Waals surface area contributed by atoms with Gasteiger partial charge in [-0.05, 0) is 29.2 Å². The maximum Gasteiger partial charge on any atom is 0.412 e. The molecule has 0 saturated carbocycles. The van der Waals surface area contributed by atoms with Gasteiger partial charge in [0.15, 0.2) is 0 Å². The van der Waals surface area contributed by atoms with Gasteiger partial charge in [-0.3, -0.25) is 0 Å². The molecule has 3 nitrogen and oxygen atoms in total. The van der Waals surface area contributed by atoms with E-state index < -0.39 is 6.09 Å². The summed E-state index contributed by atoms with van der Waals surface area (Å²) in [5, 5.41) is 2.53. The first-order valence-corrected chi connectivity index (χ1v) is 9.05. The molecule has 3 aromatic rings. The quantitative estimate of drug-likeness (QED) is 0.721. The van der Waals surface area contributed by atoms with Crippen LogP contribution in [0.15, 0.2) is 84.9 Å². The molecule has 1 amide bonds. The Morgan fingerprint density at radius 2 is 1.52 bits per heavy atom. The van der Waals surface area contributed by atoms with E-state index in [0.29, 0.717) is 5.75 Å². The molecule has 0 fully saturated rings. The van der Waals surface area contributed by atoms with Crippen LogP contribution in [0.4, 0.5) is 4.79 Å². The van der Waals surface area contributed by atoms with Gasteiger partial charge in [0.2, 0.25) is 0 Å². The number of carbonyl (C=O) groups excluding carboxylic acids is 1. The maximum atomic E-state index is 11.8. The van der Waals surface area contributed by atoms with E-state index in [1.807, 2.05) is 24.3 Å². The summed E-state index contributed by atoms with van der Waals surface area (Å²) in [6.07, 6.45) is 4.67. The first-order valence-electron chi connectivity index (χ1n) is 9.05. The molecule has 27 heavy (non-hydrogen) atoms. The van der Waals surface area contributed by atoms with Crippen LogP contribution in [0.1, 0.15) is 22.3 Å². The van der Waals surface area contributed by atoms with Crippen molar-refractivity contribution in [1.82, 2.24) is 5.32 Å². The Bertz CT molecular complexity index is 938. The number of allylic oxidation sites excluding steroid dienone is 1. The zero-order valence-corrected chi connectivity index (χ0v) is 15.2. The summed E-state index contributed by atoms with van der Waals surface area (Å²) in [5.74, 6) is 0.604. The van der Waals surface area contributed by atoms with Crippen LogP contribution in [0.5, 0.6) is 5.75 Å².